The van der Waals surface area contributed by atoms with Gasteiger partial charge in [-0.05, 0) is 26.7 Å². The number of hydrogen-bond acceptors (Lipinski definition) is 8. The number of nitrogens with zero attached hydrogens (tertiary/aromatic N) is 3. The van der Waals surface area contributed by atoms with Gasteiger partial charge in [0.25, 0.3) is 0 Å². The highest BCUT2D eigenvalue weighted by Crippen LogP contribution is 2.49. The molecule has 1 aliphatic rings. The minimum absolute atomic E-state index is 0.277. The van der Waals surface area contributed by atoms with E-state index in [9.17, 15) is 20.6 Å². The number of carbonyl (C=O) groups is 1. The van der Waals surface area contributed by atoms with Crippen LogP contribution in [-0.4, -0.2) is 45.3 Å². The maximum atomic E-state index is 12.6. The van der Waals surface area contributed by atoms with Gasteiger partial charge in [-0.2, -0.15) is 15.8 Å². The molecule has 136 valence electrons. The normalized spacial score (nSPS) is 19.5. The molecule has 25 heavy (non-hydrogen) atoms. The van der Waals surface area contributed by atoms with E-state index >= 15 is 0 Å². The van der Waals surface area contributed by atoms with Crippen molar-refractivity contribution in [1.82, 2.24) is 0 Å². The molecule has 0 amide bonds. The molecule has 8 heteroatoms. The van der Waals surface area contributed by atoms with Gasteiger partial charge in [0.2, 0.25) is 0 Å². The van der Waals surface area contributed by atoms with Gasteiger partial charge in [0.15, 0.2) is 17.1 Å². The van der Waals surface area contributed by atoms with Crippen LogP contribution in [-0.2, 0) is 23.7 Å². The summed E-state index contributed by atoms with van der Waals surface area (Å²) in [4.78, 5) is 12.6. The van der Waals surface area contributed by atoms with Crippen LogP contribution < -0.4 is 0 Å². The summed E-state index contributed by atoms with van der Waals surface area (Å²) in [5.41, 5.74) is -4.13. The second-order valence-electron chi connectivity index (χ2n) is 5.59. The van der Waals surface area contributed by atoms with Crippen LogP contribution in [0.25, 0.3) is 0 Å². The molecule has 8 nitrogen and oxygen atoms in total. The molecule has 0 N–H and O–H groups in total. The summed E-state index contributed by atoms with van der Waals surface area (Å²) in [5, 5.41) is 29.6. The average Bonchev–Trinajstić information content (AvgIpc) is 3.16. The second-order valence-corrected chi connectivity index (χ2v) is 5.59. The SMILES string of the molecule is CCOC(CC(C#N)(C(=O)OC)C(C#N)(C#N)C1CCCO1)OCC. The topological polar surface area (TPSA) is 125 Å². The van der Waals surface area contributed by atoms with E-state index in [1.165, 1.54) is 0 Å². The molecule has 1 saturated heterocycles. The van der Waals surface area contributed by atoms with Gasteiger partial charge in [0.1, 0.15) is 0 Å². The smallest absolute Gasteiger partial charge is 0.329 e. The predicted octanol–water partition coefficient (Wildman–Crippen LogP) is 1.67. The Morgan fingerprint density at radius 1 is 1.20 bits per heavy atom. The molecule has 0 aromatic carbocycles. The van der Waals surface area contributed by atoms with Gasteiger partial charge >= 0.3 is 5.97 Å². The van der Waals surface area contributed by atoms with E-state index in [2.05, 4.69) is 0 Å². The van der Waals surface area contributed by atoms with Crippen LogP contribution in [0.3, 0.4) is 0 Å². The van der Waals surface area contributed by atoms with Crippen molar-refractivity contribution in [2.24, 2.45) is 10.8 Å². The number of esters is 1. The summed E-state index contributed by atoms with van der Waals surface area (Å²) < 4.78 is 21.2. The molecule has 0 aromatic heterocycles. The highest BCUT2D eigenvalue weighted by molar-refractivity contribution is 5.83. The minimum atomic E-state index is -2.10. The number of hydrogen-bond donors (Lipinski definition) is 0. The number of methoxy groups -OCH3 is 1. The van der Waals surface area contributed by atoms with Crippen molar-refractivity contribution in [1.29, 1.82) is 15.8 Å². The fraction of sp³-hybridized carbons (Fsp3) is 0.765. The van der Waals surface area contributed by atoms with Crippen LogP contribution in [0.15, 0.2) is 0 Å². The lowest BCUT2D eigenvalue weighted by atomic mass is 9.60. The average molecular weight is 349 g/mol. The molecule has 1 aliphatic heterocycles. The van der Waals surface area contributed by atoms with E-state index < -0.39 is 29.2 Å². The molecular formula is C17H23N3O5. The van der Waals surface area contributed by atoms with Crippen LogP contribution >= 0.6 is 0 Å². The van der Waals surface area contributed by atoms with E-state index in [0.717, 1.165) is 7.11 Å². The summed E-state index contributed by atoms with van der Waals surface area (Å²) in [5.74, 6) is -0.974. The Morgan fingerprint density at radius 2 is 1.80 bits per heavy atom. The quantitative estimate of drug-likeness (QED) is 0.454. The molecule has 1 rings (SSSR count). The number of nitriles is 3. The highest BCUT2D eigenvalue weighted by atomic mass is 16.7. The Hall–Kier alpha value is -2.18. The zero-order valence-corrected chi connectivity index (χ0v) is 14.8. The van der Waals surface area contributed by atoms with Crippen LogP contribution in [0.2, 0.25) is 0 Å². The van der Waals surface area contributed by atoms with Crippen molar-refractivity contribution in [3.8, 4) is 18.2 Å². The van der Waals surface area contributed by atoms with Gasteiger partial charge in [0, 0.05) is 26.2 Å². The molecule has 0 spiro atoms. The van der Waals surface area contributed by atoms with E-state index in [1.54, 1.807) is 13.8 Å². The molecule has 0 bridgehead atoms. The summed E-state index contributed by atoms with van der Waals surface area (Å²) >= 11 is 0. The minimum Gasteiger partial charge on any atom is -0.468 e. The molecule has 0 radical (unpaired) electrons. The van der Waals surface area contributed by atoms with Crippen molar-refractivity contribution in [3.63, 3.8) is 0 Å². The third-order valence-corrected chi connectivity index (χ3v) is 4.34. The first-order valence-corrected chi connectivity index (χ1v) is 8.18. The van der Waals surface area contributed by atoms with Crippen LogP contribution in [0.1, 0.15) is 33.1 Å². The van der Waals surface area contributed by atoms with E-state index in [0.29, 0.717) is 19.4 Å². The zero-order chi connectivity index (χ0) is 18.9. The van der Waals surface area contributed by atoms with Crippen molar-refractivity contribution in [3.05, 3.63) is 0 Å². The Kier molecular flexibility index (Phi) is 7.80. The highest BCUT2D eigenvalue weighted by Gasteiger charge is 2.65. The Labute approximate surface area is 147 Å². The zero-order valence-electron chi connectivity index (χ0n) is 14.8. The second kappa shape index (κ2) is 9.34. The molecule has 0 aliphatic carbocycles. The molecule has 0 aromatic rings. The van der Waals surface area contributed by atoms with E-state index in [4.69, 9.17) is 18.9 Å². The van der Waals surface area contributed by atoms with Gasteiger partial charge in [-0.1, -0.05) is 0 Å². The molecule has 0 saturated carbocycles. The molecule has 2 unspecified atom stereocenters. The fourth-order valence-electron chi connectivity index (χ4n) is 3.10. The number of ether oxygens (including phenoxy) is 4. The third-order valence-electron chi connectivity index (χ3n) is 4.34. The molecule has 2 atom stereocenters. The van der Waals surface area contributed by atoms with Gasteiger partial charge in [-0.15, -0.1) is 0 Å². The maximum Gasteiger partial charge on any atom is 0.329 e. The summed E-state index contributed by atoms with van der Waals surface area (Å²) in [6, 6.07) is 5.64. The summed E-state index contributed by atoms with van der Waals surface area (Å²) in [6.45, 7) is 4.39. The number of rotatable bonds is 9. The van der Waals surface area contributed by atoms with E-state index in [-0.39, 0.29) is 19.6 Å². The van der Waals surface area contributed by atoms with Gasteiger partial charge in [-0.3, -0.25) is 4.79 Å². The first-order valence-electron chi connectivity index (χ1n) is 8.18. The van der Waals surface area contributed by atoms with Gasteiger partial charge in [-0.25, -0.2) is 0 Å². The molecule has 1 heterocycles. The lowest BCUT2D eigenvalue weighted by molar-refractivity contribution is -0.181. The predicted molar refractivity (Wildman–Crippen MR) is 84.4 cm³/mol. The van der Waals surface area contributed by atoms with Gasteiger partial charge in [0.05, 0.1) is 31.4 Å². The monoisotopic (exact) mass is 349 g/mol. The first-order chi connectivity index (χ1) is 12.0. The number of carbonyl (C=O) groups excluding carboxylic acids is 1. The third kappa shape index (κ3) is 3.75. The van der Waals surface area contributed by atoms with Crippen molar-refractivity contribution in [2.75, 3.05) is 26.9 Å². The molecule has 1 fully saturated rings. The summed E-state index contributed by atoms with van der Waals surface area (Å²) in [6.07, 6.45) is -1.07. The fourth-order valence-corrected chi connectivity index (χ4v) is 3.10. The van der Waals surface area contributed by atoms with Crippen LogP contribution in [0.4, 0.5) is 0 Å². The van der Waals surface area contributed by atoms with Crippen molar-refractivity contribution >= 4 is 5.97 Å². The molecular weight excluding hydrogens is 326 g/mol. The standard InChI is InChI=1S/C17H23N3O5/c1-4-23-14(24-5-2)9-16(10-18,15(21)22-3)17(11-19,12-20)13-7-6-8-25-13/h13-14H,4-9H2,1-3H3. The first kappa shape index (κ1) is 20.9. The van der Waals surface area contributed by atoms with Crippen molar-refractivity contribution < 1.29 is 23.7 Å². The van der Waals surface area contributed by atoms with Crippen molar-refractivity contribution in [2.45, 2.75) is 45.5 Å². The van der Waals surface area contributed by atoms with Crippen LogP contribution in [0.5, 0.6) is 0 Å². The maximum absolute atomic E-state index is 12.6. The Balaban J connectivity index is 3.48. The Morgan fingerprint density at radius 3 is 2.16 bits per heavy atom. The largest absolute Gasteiger partial charge is 0.468 e. The van der Waals surface area contributed by atoms with E-state index in [1.807, 2.05) is 18.2 Å². The lowest BCUT2D eigenvalue weighted by Gasteiger charge is -2.39. The van der Waals surface area contributed by atoms with Gasteiger partial charge < -0.3 is 18.9 Å². The summed E-state index contributed by atoms with van der Waals surface area (Å²) in [7, 11) is 1.11. The van der Waals surface area contributed by atoms with Crippen LogP contribution in [0, 0.1) is 44.8 Å². The lowest BCUT2D eigenvalue weighted by Crippen LogP contribution is -2.54. The Bertz CT molecular complexity index is 563.